The van der Waals surface area contributed by atoms with E-state index in [4.69, 9.17) is 0 Å². The molecule has 9 heteroatoms. The van der Waals surface area contributed by atoms with Gasteiger partial charge < -0.3 is 0 Å². The standard InChI is InChI=1S/C17H11N7OS/c1-26-17-20-8-12-14(22-17)21-15-11-4-2-3-5-13(11)23(24(15)16(12)25)10-6-18-9-19-7-10/h2-9H,1H3. The lowest BCUT2D eigenvalue weighted by atomic mass is 10.2. The largest absolute Gasteiger partial charge is 0.284 e. The van der Waals surface area contributed by atoms with Crippen LogP contribution in [0.4, 0.5) is 0 Å². The summed E-state index contributed by atoms with van der Waals surface area (Å²) in [5, 5.41) is 1.79. The molecule has 0 aliphatic heterocycles. The number of nitrogens with zero attached hydrogens (tertiary/aromatic N) is 7. The van der Waals surface area contributed by atoms with Crippen LogP contribution in [0, 0.1) is 0 Å². The number of hydrogen-bond donors (Lipinski definition) is 0. The van der Waals surface area contributed by atoms with Gasteiger partial charge >= 0.3 is 0 Å². The van der Waals surface area contributed by atoms with Crippen LogP contribution in [-0.2, 0) is 0 Å². The second-order valence-electron chi connectivity index (χ2n) is 5.57. The van der Waals surface area contributed by atoms with Gasteiger partial charge in [0.2, 0.25) is 0 Å². The molecule has 0 amide bonds. The minimum Gasteiger partial charge on any atom is -0.266 e. The number of aromatic nitrogens is 7. The van der Waals surface area contributed by atoms with Crippen molar-refractivity contribution in [1.29, 1.82) is 0 Å². The highest BCUT2D eigenvalue weighted by atomic mass is 32.2. The van der Waals surface area contributed by atoms with E-state index in [0.29, 0.717) is 27.5 Å². The first-order chi connectivity index (χ1) is 12.8. The van der Waals surface area contributed by atoms with Crippen LogP contribution in [-0.4, -0.2) is 40.4 Å². The van der Waals surface area contributed by atoms with Gasteiger partial charge in [0.1, 0.15) is 17.4 Å². The number of para-hydroxylation sites is 1. The minimum absolute atomic E-state index is 0.238. The normalized spacial score (nSPS) is 11.6. The van der Waals surface area contributed by atoms with Crippen LogP contribution in [0.25, 0.3) is 33.3 Å². The van der Waals surface area contributed by atoms with E-state index in [1.165, 1.54) is 28.8 Å². The molecule has 126 valence electrons. The first-order valence-corrected chi connectivity index (χ1v) is 8.99. The lowest BCUT2D eigenvalue weighted by Gasteiger charge is -2.07. The Kier molecular flexibility index (Phi) is 3.22. The van der Waals surface area contributed by atoms with Crippen molar-refractivity contribution in [3.63, 3.8) is 0 Å². The fourth-order valence-electron chi connectivity index (χ4n) is 3.02. The van der Waals surface area contributed by atoms with E-state index in [1.54, 1.807) is 17.1 Å². The summed E-state index contributed by atoms with van der Waals surface area (Å²) in [6, 6.07) is 7.69. The highest BCUT2D eigenvalue weighted by Crippen LogP contribution is 2.24. The van der Waals surface area contributed by atoms with Crippen LogP contribution in [0.15, 0.2) is 59.1 Å². The quantitative estimate of drug-likeness (QED) is 0.351. The molecule has 0 unspecified atom stereocenters. The van der Waals surface area contributed by atoms with Gasteiger partial charge in [-0.25, -0.2) is 29.6 Å². The van der Waals surface area contributed by atoms with Crippen LogP contribution < -0.4 is 5.56 Å². The maximum atomic E-state index is 13.2. The molecule has 0 radical (unpaired) electrons. The Labute approximate surface area is 150 Å². The SMILES string of the molecule is CSc1ncc2c(=O)n3c(nc2n1)c1ccccc1n3-c1cncnc1. The number of fused-ring (bicyclic) bond motifs is 4. The average Bonchev–Trinajstić information content (AvgIpc) is 3.03. The van der Waals surface area contributed by atoms with E-state index in [1.807, 2.05) is 30.5 Å². The summed E-state index contributed by atoms with van der Waals surface area (Å²) in [5.41, 5.74) is 2.19. The van der Waals surface area contributed by atoms with Crippen molar-refractivity contribution in [2.45, 2.75) is 5.16 Å². The number of benzene rings is 1. The highest BCUT2D eigenvalue weighted by molar-refractivity contribution is 7.98. The van der Waals surface area contributed by atoms with E-state index in [2.05, 4.69) is 24.9 Å². The molecule has 0 N–H and O–H groups in total. The van der Waals surface area contributed by atoms with Crippen LogP contribution >= 0.6 is 11.8 Å². The fraction of sp³-hybridized carbons (Fsp3) is 0.0588. The zero-order chi connectivity index (χ0) is 17.7. The first-order valence-electron chi connectivity index (χ1n) is 7.76. The summed E-state index contributed by atoms with van der Waals surface area (Å²) in [7, 11) is 0. The summed E-state index contributed by atoms with van der Waals surface area (Å²) in [6.45, 7) is 0. The average molecular weight is 361 g/mol. The lowest BCUT2D eigenvalue weighted by Crippen LogP contribution is -2.21. The van der Waals surface area contributed by atoms with Crippen molar-refractivity contribution in [3.05, 3.63) is 59.5 Å². The Balaban J connectivity index is 2.03. The third kappa shape index (κ3) is 2.04. The van der Waals surface area contributed by atoms with Gasteiger partial charge in [0, 0.05) is 11.6 Å². The molecule has 0 saturated carbocycles. The van der Waals surface area contributed by atoms with Crippen molar-refractivity contribution < 1.29 is 0 Å². The predicted molar refractivity (Wildman–Crippen MR) is 98.8 cm³/mol. The molecule has 0 fully saturated rings. The molecule has 26 heavy (non-hydrogen) atoms. The second-order valence-corrected chi connectivity index (χ2v) is 6.35. The molecule has 0 saturated heterocycles. The van der Waals surface area contributed by atoms with Crippen molar-refractivity contribution >= 4 is 39.3 Å². The summed E-state index contributed by atoms with van der Waals surface area (Å²) in [6.07, 6.45) is 8.17. The van der Waals surface area contributed by atoms with E-state index >= 15 is 0 Å². The van der Waals surface area contributed by atoms with Gasteiger partial charge in [0.25, 0.3) is 5.56 Å². The first kappa shape index (κ1) is 15.0. The van der Waals surface area contributed by atoms with Gasteiger partial charge in [-0.15, -0.1) is 0 Å². The number of thioether (sulfide) groups is 1. The molecule has 4 heterocycles. The summed E-state index contributed by atoms with van der Waals surface area (Å²) in [5.74, 6) is 0. The Morgan fingerprint density at radius 2 is 1.81 bits per heavy atom. The Morgan fingerprint density at radius 3 is 2.62 bits per heavy atom. The zero-order valence-electron chi connectivity index (χ0n) is 13.6. The summed E-state index contributed by atoms with van der Waals surface area (Å²) in [4.78, 5) is 34.6. The van der Waals surface area contributed by atoms with Crippen molar-refractivity contribution in [3.8, 4) is 5.69 Å². The van der Waals surface area contributed by atoms with Gasteiger partial charge in [-0.1, -0.05) is 23.9 Å². The van der Waals surface area contributed by atoms with Gasteiger partial charge in [-0.05, 0) is 18.4 Å². The molecule has 0 atom stereocenters. The molecule has 0 aliphatic carbocycles. The molecule has 0 aliphatic rings. The van der Waals surface area contributed by atoms with Crippen LogP contribution in [0.1, 0.15) is 0 Å². The monoisotopic (exact) mass is 361 g/mol. The van der Waals surface area contributed by atoms with E-state index < -0.39 is 0 Å². The topological polar surface area (TPSA) is 90.9 Å². The molecular weight excluding hydrogens is 350 g/mol. The Bertz CT molecular complexity index is 1340. The van der Waals surface area contributed by atoms with Crippen molar-refractivity contribution in [2.24, 2.45) is 0 Å². The van der Waals surface area contributed by atoms with E-state index in [9.17, 15) is 4.79 Å². The molecule has 0 spiro atoms. The summed E-state index contributed by atoms with van der Waals surface area (Å²) < 4.78 is 3.29. The molecule has 1 aromatic carbocycles. The van der Waals surface area contributed by atoms with Gasteiger partial charge in [0.15, 0.2) is 16.5 Å². The van der Waals surface area contributed by atoms with Gasteiger partial charge in [0.05, 0.1) is 17.9 Å². The number of hydrogen-bond acceptors (Lipinski definition) is 7. The lowest BCUT2D eigenvalue weighted by molar-refractivity contribution is 0.782. The van der Waals surface area contributed by atoms with Crippen molar-refractivity contribution in [1.82, 2.24) is 34.1 Å². The maximum absolute atomic E-state index is 13.2. The van der Waals surface area contributed by atoms with Crippen LogP contribution in [0.2, 0.25) is 0 Å². The second kappa shape index (κ2) is 5.60. The third-order valence-electron chi connectivity index (χ3n) is 4.13. The van der Waals surface area contributed by atoms with E-state index in [-0.39, 0.29) is 5.56 Å². The Morgan fingerprint density at radius 1 is 1.00 bits per heavy atom. The fourth-order valence-corrected chi connectivity index (χ4v) is 3.36. The van der Waals surface area contributed by atoms with Crippen LogP contribution in [0.5, 0.6) is 0 Å². The zero-order valence-corrected chi connectivity index (χ0v) is 14.4. The molecule has 8 nitrogen and oxygen atoms in total. The highest BCUT2D eigenvalue weighted by Gasteiger charge is 2.18. The van der Waals surface area contributed by atoms with Crippen molar-refractivity contribution in [2.75, 3.05) is 6.26 Å². The predicted octanol–water partition coefficient (Wildman–Crippen LogP) is 2.09. The molecular formula is C17H11N7OS. The molecule has 5 rings (SSSR count). The van der Waals surface area contributed by atoms with Gasteiger partial charge in [-0.3, -0.25) is 4.79 Å². The minimum atomic E-state index is -0.238. The smallest absolute Gasteiger partial charge is 0.266 e. The molecule has 4 aromatic heterocycles. The molecule has 5 aromatic rings. The van der Waals surface area contributed by atoms with Crippen LogP contribution in [0.3, 0.4) is 0 Å². The Hall–Kier alpha value is -3.33. The third-order valence-corrected chi connectivity index (χ3v) is 4.69. The van der Waals surface area contributed by atoms with Gasteiger partial charge in [-0.2, -0.15) is 4.52 Å². The molecule has 0 bridgehead atoms. The summed E-state index contributed by atoms with van der Waals surface area (Å²) >= 11 is 1.41. The number of rotatable bonds is 2. The maximum Gasteiger partial charge on any atom is 0.284 e. The van der Waals surface area contributed by atoms with E-state index in [0.717, 1.165) is 10.9 Å².